The van der Waals surface area contributed by atoms with Gasteiger partial charge in [-0.2, -0.15) is 0 Å². The van der Waals surface area contributed by atoms with Gasteiger partial charge < -0.3 is 24.6 Å². The molecule has 1 N–H and O–H groups in total. The molecule has 1 fully saturated rings. The van der Waals surface area contributed by atoms with Gasteiger partial charge >= 0.3 is 6.03 Å². The topological polar surface area (TPSA) is 71.1 Å². The van der Waals surface area contributed by atoms with Gasteiger partial charge in [0.15, 0.2) is 11.5 Å². The Labute approximate surface area is 147 Å². The number of benzene rings is 1. The highest BCUT2D eigenvalue weighted by Crippen LogP contribution is 2.32. The van der Waals surface area contributed by atoms with Gasteiger partial charge in [0.05, 0.1) is 0 Å². The standard InChI is InChI=1S/C18H25N3O4/c1-18(2,3)19-17(23)21-8-4-7-20(9-10-21)16(22)13-5-6-14-15(11-13)25-12-24-14/h5-6,11H,4,7-10,12H2,1-3H3,(H,19,23). The molecule has 2 heterocycles. The number of fused-ring (bicyclic) bond motifs is 1. The van der Waals surface area contributed by atoms with E-state index >= 15 is 0 Å². The normalized spacial score (nSPS) is 17.2. The quantitative estimate of drug-likeness (QED) is 0.844. The van der Waals surface area contributed by atoms with Crippen molar-refractivity contribution in [3.8, 4) is 11.5 Å². The van der Waals surface area contributed by atoms with E-state index in [0.29, 0.717) is 43.2 Å². The lowest BCUT2D eigenvalue weighted by atomic mass is 10.1. The van der Waals surface area contributed by atoms with E-state index in [4.69, 9.17) is 9.47 Å². The molecule has 0 saturated carbocycles. The van der Waals surface area contributed by atoms with Gasteiger partial charge in [0.25, 0.3) is 5.91 Å². The Bertz CT molecular complexity index is 669. The van der Waals surface area contributed by atoms with E-state index < -0.39 is 0 Å². The van der Waals surface area contributed by atoms with Gasteiger partial charge in [-0.05, 0) is 45.4 Å². The zero-order valence-electron chi connectivity index (χ0n) is 15.0. The summed E-state index contributed by atoms with van der Waals surface area (Å²) in [6.07, 6.45) is 0.758. The molecule has 25 heavy (non-hydrogen) atoms. The highest BCUT2D eigenvalue weighted by Gasteiger charge is 2.25. The number of ether oxygens (including phenoxy) is 2. The number of carbonyl (C=O) groups excluding carboxylic acids is 2. The van der Waals surface area contributed by atoms with Gasteiger partial charge in [-0.15, -0.1) is 0 Å². The second-order valence-electron chi connectivity index (χ2n) is 7.38. The van der Waals surface area contributed by atoms with Crippen LogP contribution in [0.25, 0.3) is 0 Å². The molecule has 0 atom stereocenters. The molecule has 0 bridgehead atoms. The third-order valence-electron chi connectivity index (χ3n) is 4.17. The van der Waals surface area contributed by atoms with Crippen LogP contribution in [0.5, 0.6) is 11.5 Å². The number of nitrogens with zero attached hydrogens (tertiary/aromatic N) is 2. The summed E-state index contributed by atoms with van der Waals surface area (Å²) in [6, 6.07) is 5.16. The first kappa shape index (κ1) is 17.4. The summed E-state index contributed by atoms with van der Waals surface area (Å²) >= 11 is 0. The average molecular weight is 347 g/mol. The fraction of sp³-hybridized carbons (Fsp3) is 0.556. The SMILES string of the molecule is CC(C)(C)NC(=O)N1CCCN(C(=O)c2ccc3c(c2)OCO3)CC1. The molecule has 0 radical (unpaired) electrons. The van der Waals surface area contributed by atoms with Gasteiger partial charge in [-0.3, -0.25) is 4.79 Å². The van der Waals surface area contributed by atoms with Gasteiger partial charge in [-0.25, -0.2) is 4.79 Å². The smallest absolute Gasteiger partial charge is 0.317 e. The first-order chi connectivity index (χ1) is 11.8. The lowest BCUT2D eigenvalue weighted by Gasteiger charge is -2.27. The third kappa shape index (κ3) is 4.15. The van der Waals surface area contributed by atoms with Crippen LogP contribution in [0.1, 0.15) is 37.6 Å². The molecule has 1 saturated heterocycles. The highest BCUT2D eigenvalue weighted by molar-refractivity contribution is 5.95. The molecular weight excluding hydrogens is 322 g/mol. The molecule has 0 spiro atoms. The van der Waals surface area contributed by atoms with Gasteiger partial charge in [0.1, 0.15) is 0 Å². The van der Waals surface area contributed by atoms with Crippen LogP contribution in [0, 0.1) is 0 Å². The summed E-state index contributed by atoms with van der Waals surface area (Å²) in [5, 5.41) is 2.97. The molecule has 3 rings (SSSR count). The van der Waals surface area contributed by atoms with Crippen LogP contribution >= 0.6 is 0 Å². The summed E-state index contributed by atoms with van der Waals surface area (Å²) in [4.78, 5) is 28.7. The van der Waals surface area contributed by atoms with Crippen molar-refractivity contribution in [3.05, 3.63) is 23.8 Å². The number of amides is 3. The third-order valence-corrected chi connectivity index (χ3v) is 4.17. The predicted molar refractivity (Wildman–Crippen MR) is 92.9 cm³/mol. The van der Waals surface area contributed by atoms with Crippen LogP contribution in [0.4, 0.5) is 4.79 Å². The first-order valence-electron chi connectivity index (χ1n) is 8.59. The number of carbonyl (C=O) groups is 2. The van der Waals surface area contributed by atoms with Crippen LogP contribution < -0.4 is 14.8 Å². The van der Waals surface area contributed by atoms with Crippen molar-refractivity contribution in [1.82, 2.24) is 15.1 Å². The van der Waals surface area contributed by atoms with E-state index in [-0.39, 0.29) is 24.3 Å². The minimum Gasteiger partial charge on any atom is -0.454 e. The maximum atomic E-state index is 12.8. The number of urea groups is 1. The molecule has 0 unspecified atom stereocenters. The van der Waals surface area contributed by atoms with Gasteiger partial charge in [-0.1, -0.05) is 0 Å². The molecule has 2 aliphatic heterocycles. The van der Waals surface area contributed by atoms with E-state index in [1.807, 2.05) is 20.8 Å². The van der Waals surface area contributed by atoms with Crippen LogP contribution in [0.3, 0.4) is 0 Å². The lowest BCUT2D eigenvalue weighted by molar-refractivity contribution is 0.0761. The van der Waals surface area contributed by atoms with Crippen LogP contribution in [-0.4, -0.2) is 60.2 Å². The van der Waals surface area contributed by atoms with Gasteiger partial charge in [0.2, 0.25) is 6.79 Å². The van der Waals surface area contributed by atoms with Crippen molar-refractivity contribution < 1.29 is 19.1 Å². The zero-order chi connectivity index (χ0) is 18.0. The fourth-order valence-corrected chi connectivity index (χ4v) is 2.94. The maximum absolute atomic E-state index is 12.8. The van der Waals surface area contributed by atoms with Gasteiger partial charge in [0, 0.05) is 37.3 Å². The lowest BCUT2D eigenvalue weighted by Crippen LogP contribution is -2.49. The molecule has 2 aliphatic rings. The minimum absolute atomic E-state index is 0.0450. The van der Waals surface area contributed by atoms with Crippen molar-refractivity contribution in [1.29, 1.82) is 0 Å². The molecule has 1 aromatic rings. The zero-order valence-corrected chi connectivity index (χ0v) is 15.0. The van der Waals surface area contributed by atoms with Crippen molar-refractivity contribution in [3.63, 3.8) is 0 Å². The Morgan fingerprint density at radius 3 is 2.44 bits per heavy atom. The molecular formula is C18H25N3O4. The number of nitrogens with one attached hydrogen (secondary N) is 1. The summed E-state index contributed by atoms with van der Waals surface area (Å²) < 4.78 is 10.6. The largest absolute Gasteiger partial charge is 0.454 e. The van der Waals surface area contributed by atoms with E-state index in [1.54, 1.807) is 28.0 Å². The first-order valence-corrected chi connectivity index (χ1v) is 8.59. The van der Waals surface area contributed by atoms with E-state index in [9.17, 15) is 9.59 Å². The fourth-order valence-electron chi connectivity index (χ4n) is 2.94. The molecule has 0 aliphatic carbocycles. The average Bonchev–Trinajstić information content (AvgIpc) is 2.86. The summed E-state index contributed by atoms with van der Waals surface area (Å²) in [5.74, 6) is 1.22. The van der Waals surface area contributed by atoms with E-state index in [0.717, 1.165) is 6.42 Å². The Balaban J connectivity index is 1.63. The summed E-state index contributed by atoms with van der Waals surface area (Å²) in [5.41, 5.74) is 0.308. The number of hydrogen-bond acceptors (Lipinski definition) is 4. The summed E-state index contributed by atoms with van der Waals surface area (Å²) in [7, 11) is 0. The minimum atomic E-state index is -0.272. The van der Waals surface area contributed by atoms with Crippen LogP contribution in [0.15, 0.2) is 18.2 Å². The Hall–Kier alpha value is -2.44. The van der Waals surface area contributed by atoms with E-state index in [2.05, 4.69) is 5.32 Å². The summed E-state index contributed by atoms with van der Waals surface area (Å²) in [6.45, 7) is 8.38. The molecule has 7 heteroatoms. The molecule has 1 aromatic carbocycles. The monoisotopic (exact) mass is 347 g/mol. The van der Waals surface area contributed by atoms with Crippen molar-refractivity contribution >= 4 is 11.9 Å². The second-order valence-corrected chi connectivity index (χ2v) is 7.38. The second kappa shape index (κ2) is 6.82. The number of hydrogen-bond donors (Lipinski definition) is 1. The van der Waals surface area contributed by atoms with Crippen LogP contribution in [0.2, 0.25) is 0 Å². The molecule has 0 aromatic heterocycles. The van der Waals surface area contributed by atoms with E-state index in [1.165, 1.54) is 0 Å². The molecule has 3 amide bonds. The Morgan fingerprint density at radius 2 is 1.68 bits per heavy atom. The molecule has 7 nitrogen and oxygen atoms in total. The number of rotatable bonds is 1. The van der Waals surface area contributed by atoms with Crippen molar-refractivity contribution in [2.45, 2.75) is 32.7 Å². The Kier molecular flexibility index (Phi) is 4.74. The van der Waals surface area contributed by atoms with Crippen molar-refractivity contribution in [2.24, 2.45) is 0 Å². The van der Waals surface area contributed by atoms with Crippen LogP contribution in [-0.2, 0) is 0 Å². The Morgan fingerprint density at radius 1 is 1.00 bits per heavy atom. The highest BCUT2D eigenvalue weighted by atomic mass is 16.7. The predicted octanol–water partition coefficient (Wildman–Crippen LogP) is 2.07. The van der Waals surface area contributed by atoms with Crippen molar-refractivity contribution in [2.75, 3.05) is 33.0 Å². The maximum Gasteiger partial charge on any atom is 0.317 e. The molecule has 136 valence electrons.